The van der Waals surface area contributed by atoms with Crippen LogP contribution in [0.3, 0.4) is 0 Å². The fourth-order valence-electron chi connectivity index (χ4n) is 2.08. The minimum Gasteiger partial charge on any atom is -0.315 e. The predicted octanol–water partition coefficient (Wildman–Crippen LogP) is 3.83. The second kappa shape index (κ2) is 5.94. The van der Waals surface area contributed by atoms with Gasteiger partial charge in [0.05, 0.1) is 0 Å². The fraction of sp³-hybridized carbons (Fsp3) is 0. The van der Waals surface area contributed by atoms with E-state index in [1.807, 2.05) is 72.8 Å². The molecule has 1 N–H and O–H groups in total. The zero-order chi connectivity index (χ0) is 14.5. The van der Waals surface area contributed by atoms with Crippen molar-refractivity contribution in [3.63, 3.8) is 0 Å². The Morgan fingerprint density at radius 1 is 0.810 bits per heavy atom. The van der Waals surface area contributed by atoms with E-state index >= 15 is 0 Å². The summed E-state index contributed by atoms with van der Waals surface area (Å²) in [6, 6.07) is 23.3. The van der Waals surface area contributed by atoms with Crippen molar-refractivity contribution in [2.45, 2.75) is 0 Å². The van der Waals surface area contributed by atoms with Crippen molar-refractivity contribution in [2.24, 2.45) is 0 Å². The number of fused-ring (bicyclic) bond motifs is 1. The Kier molecular flexibility index (Phi) is 3.66. The van der Waals surface area contributed by atoms with Crippen molar-refractivity contribution < 1.29 is 4.79 Å². The van der Waals surface area contributed by atoms with Gasteiger partial charge in [-0.05, 0) is 35.0 Å². The second-order valence-electron chi connectivity index (χ2n) is 4.63. The summed E-state index contributed by atoms with van der Waals surface area (Å²) in [5.74, 6) is 5.12. The van der Waals surface area contributed by atoms with Gasteiger partial charge in [0.15, 0.2) is 0 Å². The van der Waals surface area contributed by atoms with Gasteiger partial charge >= 0.3 is 5.91 Å². The van der Waals surface area contributed by atoms with Crippen molar-refractivity contribution >= 4 is 22.4 Å². The van der Waals surface area contributed by atoms with Gasteiger partial charge in [0.2, 0.25) is 0 Å². The zero-order valence-electron chi connectivity index (χ0n) is 11.3. The van der Waals surface area contributed by atoms with E-state index in [0.717, 1.165) is 22.0 Å². The van der Waals surface area contributed by atoms with Gasteiger partial charge in [-0.25, -0.2) is 0 Å². The Morgan fingerprint density at radius 3 is 2.33 bits per heavy atom. The van der Waals surface area contributed by atoms with Crippen molar-refractivity contribution in [3.05, 3.63) is 78.4 Å². The highest BCUT2D eigenvalue weighted by molar-refractivity contribution is 6.05. The summed E-state index contributed by atoms with van der Waals surface area (Å²) < 4.78 is 0. The van der Waals surface area contributed by atoms with Crippen LogP contribution in [0.5, 0.6) is 0 Å². The monoisotopic (exact) mass is 271 g/mol. The molecule has 0 aliphatic carbocycles. The van der Waals surface area contributed by atoms with Gasteiger partial charge in [-0.2, -0.15) is 0 Å². The summed E-state index contributed by atoms with van der Waals surface area (Å²) in [4.78, 5) is 11.8. The molecule has 0 unspecified atom stereocenters. The summed E-state index contributed by atoms with van der Waals surface area (Å²) in [6.07, 6.45) is 0. The lowest BCUT2D eigenvalue weighted by Crippen LogP contribution is -2.08. The van der Waals surface area contributed by atoms with Crippen molar-refractivity contribution in [2.75, 3.05) is 5.32 Å². The van der Waals surface area contributed by atoms with Gasteiger partial charge in [0.25, 0.3) is 0 Å². The first-order valence-electron chi connectivity index (χ1n) is 6.68. The van der Waals surface area contributed by atoms with Crippen molar-refractivity contribution in [3.8, 4) is 11.8 Å². The number of anilines is 1. The molecule has 0 fully saturated rings. The van der Waals surface area contributed by atoms with E-state index in [0.29, 0.717) is 0 Å². The number of carbonyl (C=O) groups excluding carboxylic acids is 1. The topological polar surface area (TPSA) is 29.1 Å². The first-order chi connectivity index (χ1) is 10.3. The Hall–Kier alpha value is -3.05. The summed E-state index contributed by atoms with van der Waals surface area (Å²) >= 11 is 0. The molecule has 2 nitrogen and oxygen atoms in total. The molecular weight excluding hydrogens is 258 g/mol. The number of rotatable bonds is 1. The van der Waals surface area contributed by atoms with Crippen LogP contribution in [0.15, 0.2) is 72.8 Å². The van der Waals surface area contributed by atoms with Crippen LogP contribution in [0.25, 0.3) is 10.8 Å². The van der Waals surface area contributed by atoms with Gasteiger partial charge in [-0.1, -0.05) is 54.5 Å². The molecule has 0 aliphatic heterocycles. The molecule has 3 rings (SSSR count). The Labute approximate surface area is 123 Å². The normalized spacial score (nSPS) is 9.71. The van der Waals surface area contributed by atoms with Crippen molar-refractivity contribution in [1.29, 1.82) is 0 Å². The number of amides is 1. The van der Waals surface area contributed by atoms with Crippen LogP contribution >= 0.6 is 0 Å². The quantitative estimate of drug-likeness (QED) is 0.670. The molecule has 1 amide bonds. The maximum Gasteiger partial charge on any atom is 0.300 e. The van der Waals surface area contributed by atoms with Crippen LogP contribution in [0.2, 0.25) is 0 Å². The van der Waals surface area contributed by atoms with E-state index in [-0.39, 0.29) is 5.91 Å². The molecule has 0 spiro atoms. The molecule has 3 aromatic rings. The van der Waals surface area contributed by atoms with E-state index in [4.69, 9.17) is 0 Å². The predicted molar refractivity (Wildman–Crippen MR) is 85.9 cm³/mol. The first-order valence-corrected chi connectivity index (χ1v) is 6.68. The van der Waals surface area contributed by atoms with Gasteiger partial charge in [0.1, 0.15) is 0 Å². The number of hydrogen-bond acceptors (Lipinski definition) is 1. The molecule has 0 saturated heterocycles. The number of carbonyl (C=O) groups is 1. The maximum absolute atomic E-state index is 11.8. The third kappa shape index (κ3) is 3.29. The lowest BCUT2D eigenvalue weighted by atomic mass is 10.1. The molecule has 0 radical (unpaired) electrons. The summed E-state index contributed by atoms with van der Waals surface area (Å²) in [5.41, 5.74) is 1.58. The van der Waals surface area contributed by atoms with Crippen LogP contribution in [0.1, 0.15) is 5.56 Å². The van der Waals surface area contributed by atoms with Gasteiger partial charge < -0.3 is 5.32 Å². The Morgan fingerprint density at radius 2 is 1.52 bits per heavy atom. The molecule has 2 heteroatoms. The minimum absolute atomic E-state index is 0.311. The molecule has 0 saturated carbocycles. The Bertz CT molecular complexity index is 841. The Balaban J connectivity index is 1.76. The first kappa shape index (κ1) is 13.0. The molecule has 21 heavy (non-hydrogen) atoms. The number of nitrogens with one attached hydrogen (secondary N) is 1. The third-order valence-electron chi connectivity index (χ3n) is 3.10. The average molecular weight is 271 g/mol. The van der Waals surface area contributed by atoms with E-state index in [9.17, 15) is 4.79 Å². The smallest absolute Gasteiger partial charge is 0.300 e. The van der Waals surface area contributed by atoms with Gasteiger partial charge in [-0.3, -0.25) is 4.79 Å². The third-order valence-corrected chi connectivity index (χ3v) is 3.10. The molecule has 3 aromatic carbocycles. The number of hydrogen-bond donors (Lipinski definition) is 1. The van der Waals surface area contributed by atoms with Crippen LogP contribution in [0, 0.1) is 11.8 Å². The highest BCUT2D eigenvalue weighted by Crippen LogP contribution is 2.18. The molecule has 0 heterocycles. The lowest BCUT2D eigenvalue weighted by molar-refractivity contribution is -0.111. The molecule has 100 valence electrons. The fourth-order valence-corrected chi connectivity index (χ4v) is 2.08. The molecule has 0 bridgehead atoms. The van der Waals surface area contributed by atoms with E-state index in [1.165, 1.54) is 0 Å². The molecular formula is C19H13NO. The van der Waals surface area contributed by atoms with Crippen molar-refractivity contribution in [1.82, 2.24) is 0 Å². The van der Waals surface area contributed by atoms with E-state index in [1.54, 1.807) is 0 Å². The van der Waals surface area contributed by atoms with Gasteiger partial charge in [-0.15, -0.1) is 0 Å². The lowest BCUT2D eigenvalue weighted by Gasteiger charge is -2.03. The summed E-state index contributed by atoms with van der Waals surface area (Å²) in [5, 5.41) is 5.03. The zero-order valence-corrected chi connectivity index (χ0v) is 11.3. The molecule has 0 atom stereocenters. The van der Waals surface area contributed by atoms with Gasteiger partial charge in [0, 0.05) is 17.2 Å². The standard InChI is InChI=1S/C19H13NO/c21-19(13-10-15-6-2-1-3-7-15)20-18-12-11-16-8-4-5-9-17(16)14-18/h1-9,11-12,14H,(H,20,21). The summed E-state index contributed by atoms with van der Waals surface area (Å²) in [6.45, 7) is 0. The molecule has 0 aromatic heterocycles. The van der Waals surface area contributed by atoms with Crippen LogP contribution in [-0.4, -0.2) is 5.91 Å². The maximum atomic E-state index is 11.8. The minimum atomic E-state index is -0.311. The van der Waals surface area contributed by atoms with Crippen LogP contribution < -0.4 is 5.32 Å². The van der Waals surface area contributed by atoms with E-state index < -0.39 is 0 Å². The largest absolute Gasteiger partial charge is 0.315 e. The highest BCUT2D eigenvalue weighted by atomic mass is 16.1. The van der Waals surface area contributed by atoms with Crippen LogP contribution in [-0.2, 0) is 4.79 Å². The van der Waals surface area contributed by atoms with E-state index in [2.05, 4.69) is 17.2 Å². The second-order valence-corrected chi connectivity index (χ2v) is 4.63. The average Bonchev–Trinajstić information content (AvgIpc) is 2.54. The molecule has 0 aliphatic rings. The summed E-state index contributed by atoms with van der Waals surface area (Å²) in [7, 11) is 0. The highest BCUT2D eigenvalue weighted by Gasteiger charge is 1.99. The number of benzene rings is 3. The van der Waals surface area contributed by atoms with Crippen LogP contribution in [0.4, 0.5) is 5.69 Å². The SMILES string of the molecule is O=C(C#Cc1ccccc1)Nc1ccc2ccccc2c1.